The Morgan fingerprint density at radius 1 is 1.42 bits per heavy atom. The monoisotopic (exact) mass is 203 g/mol. The van der Waals surface area contributed by atoms with E-state index in [2.05, 4.69) is 4.98 Å². The van der Waals surface area contributed by atoms with Crippen LogP contribution in [0.15, 0.2) is 28.3 Å². The lowest BCUT2D eigenvalue weighted by molar-refractivity contribution is 0.597. The fraction of sp³-hybridized carbons (Fsp3) is 0.286. The maximum absolute atomic E-state index is 11.0. The Morgan fingerprint density at radius 3 is 2.58 bits per heavy atom. The Bertz CT molecular complexity index is 373. The summed E-state index contributed by atoms with van der Waals surface area (Å²) in [6.45, 7) is 0. The van der Waals surface area contributed by atoms with Crippen LogP contribution in [0.2, 0.25) is 0 Å². The summed E-state index contributed by atoms with van der Waals surface area (Å²) >= 11 is 1.42. The summed E-state index contributed by atoms with van der Waals surface area (Å²) in [5.41, 5.74) is 0. The number of aromatic nitrogens is 1. The summed E-state index contributed by atoms with van der Waals surface area (Å²) in [6, 6.07) is 4.96. The molecule has 0 saturated heterocycles. The molecule has 5 heteroatoms. The van der Waals surface area contributed by atoms with Crippen LogP contribution < -0.4 is 0 Å². The predicted octanol–water partition coefficient (Wildman–Crippen LogP) is 1.21. The number of sulfone groups is 1. The van der Waals surface area contributed by atoms with E-state index >= 15 is 0 Å². The number of nitrogens with zero attached hydrogens (tertiary/aromatic N) is 1. The summed E-state index contributed by atoms with van der Waals surface area (Å²) in [7, 11) is -3.16. The highest BCUT2D eigenvalue weighted by atomic mass is 32.2. The Morgan fingerprint density at radius 2 is 2.08 bits per heavy atom. The number of hydrogen-bond donors (Lipinski definition) is 0. The normalized spacial score (nSPS) is 11.5. The van der Waals surface area contributed by atoms with Gasteiger partial charge in [-0.25, -0.2) is 13.4 Å². The fourth-order valence-electron chi connectivity index (χ4n) is 0.716. The molecule has 0 aliphatic carbocycles. The molecule has 0 atom stereocenters. The van der Waals surface area contributed by atoms with Crippen molar-refractivity contribution >= 4 is 21.6 Å². The topological polar surface area (TPSA) is 47.0 Å². The standard InChI is InChI=1S/C7H9NO2S2/c1-11-6-4-3-5-7(8-6)12(2,9)10/h3-5H,1-2H3. The van der Waals surface area contributed by atoms with E-state index in [0.29, 0.717) is 0 Å². The molecule has 1 rings (SSSR count). The van der Waals surface area contributed by atoms with E-state index in [1.165, 1.54) is 17.8 Å². The molecule has 0 saturated carbocycles. The molecule has 1 aromatic rings. The van der Waals surface area contributed by atoms with Crippen molar-refractivity contribution in [3.63, 3.8) is 0 Å². The second-order valence-electron chi connectivity index (χ2n) is 2.29. The van der Waals surface area contributed by atoms with Crippen molar-refractivity contribution in [3.05, 3.63) is 18.2 Å². The molecule has 0 radical (unpaired) electrons. The second-order valence-corrected chi connectivity index (χ2v) is 5.08. The fourth-order valence-corrected chi connectivity index (χ4v) is 1.77. The quantitative estimate of drug-likeness (QED) is 0.678. The molecule has 0 fully saturated rings. The Kier molecular flexibility index (Phi) is 2.74. The lowest BCUT2D eigenvalue weighted by Crippen LogP contribution is -2.00. The zero-order chi connectivity index (χ0) is 9.19. The molecular formula is C7H9NO2S2. The van der Waals surface area contributed by atoms with E-state index in [9.17, 15) is 8.42 Å². The Balaban J connectivity index is 3.20. The summed E-state index contributed by atoms with van der Waals surface area (Å²) in [5.74, 6) is 0. The SMILES string of the molecule is CSc1cccc(S(C)(=O)=O)n1. The first-order chi connectivity index (χ1) is 5.54. The van der Waals surface area contributed by atoms with Crippen LogP contribution in [0.5, 0.6) is 0 Å². The van der Waals surface area contributed by atoms with Gasteiger partial charge in [0.05, 0.1) is 5.03 Å². The van der Waals surface area contributed by atoms with Gasteiger partial charge in [-0.1, -0.05) is 6.07 Å². The minimum Gasteiger partial charge on any atom is -0.230 e. The lowest BCUT2D eigenvalue weighted by atomic mass is 10.5. The van der Waals surface area contributed by atoms with Gasteiger partial charge >= 0.3 is 0 Å². The molecule has 66 valence electrons. The molecule has 0 bridgehead atoms. The predicted molar refractivity (Wildman–Crippen MR) is 49.1 cm³/mol. The van der Waals surface area contributed by atoms with Crippen molar-refractivity contribution < 1.29 is 8.42 Å². The first-order valence-electron chi connectivity index (χ1n) is 3.25. The van der Waals surface area contributed by atoms with Crippen LogP contribution in [0.3, 0.4) is 0 Å². The summed E-state index contributed by atoms with van der Waals surface area (Å²) in [6.07, 6.45) is 3.01. The van der Waals surface area contributed by atoms with Gasteiger partial charge in [-0.2, -0.15) is 0 Å². The number of pyridine rings is 1. The first kappa shape index (κ1) is 9.54. The van der Waals surface area contributed by atoms with Crippen molar-refractivity contribution in [2.24, 2.45) is 0 Å². The van der Waals surface area contributed by atoms with Crippen LogP contribution in [-0.2, 0) is 9.84 Å². The average molecular weight is 203 g/mol. The first-order valence-corrected chi connectivity index (χ1v) is 6.37. The molecule has 1 heterocycles. The molecule has 0 aromatic carbocycles. The molecule has 0 spiro atoms. The van der Waals surface area contributed by atoms with E-state index in [0.717, 1.165) is 11.3 Å². The largest absolute Gasteiger partial charge is 0.230 e. The van der Waals surface area contributed by atoms with Crippen molar-refractivity contribution in [2.75, 3.05) is 12.5 Å². The molecule has 12 heavy (non-hydrogen) atoms. The number of thioether (sulfide) groups is 1. The number of rotatable bonds is 2. The highest BCUT2D eigenvalue weighted by Crippen LogP contribution is 2.13. The van der Waals surface area contributed by atoms with Gasteiger partial charge in [0.15, 0.2) is 14.9 Å². The molecule has 1 aromatic heterocycles. The third kappa shape index (κ3) is 2.22. The van der Waals surface area contributed by atoms with Crippen LogP contribution >= 0.6 is 11.8 Å². The van der Waals surface area contributed by atoms with E-state index in [1.54, 1.807) is 12.1 Å². The summed E-state index contributed by atoms with van der Waals surface area (Å²) in [5, 5.41) is 0.854. The molecule has 0 amide bonds. The average Bonchev–Trinajstić information content (AvgIpc) is 2.03. The summed E-state index contributed by atoms with van der Waals surface area (Å²) in [4.78, 5) is 3.94. The van der Waals surface area contributed by atoms with Gasteiger partial charge in [-0.15, -0.1) is 11.8 Å². The maximum Gasteiger partial charge on any atom is 0.192 e. The smallest absolute Gasteiger partial charge is 0.192 e. The minimum atomic E-state index is -3.16. The van der Waals surface area contributed by atoms with E-state index in [-0.39, 0.29) is 5.03 Å². The van der Waals surface area contributed by atoms with Crippen LogP contribution in [0.4, 0.5) is 0 Å². The van der Waals surface area contributed by atoms with Crippen molar-refractivity contribution in [1.82, 2.24) is 4.98 Å². The van der Waals surface area contributed by atoms with Gasteiger partial charge in [0.25, 0.3) is 0 Å². The number of hydrogen-bond acceptors (Lipinski definition) is 4. The molecule has 3 nitrogen and oxygen atoms in total. The third-order valence-corrected chi connectivity index (χ3v) is 2.92. The highest BCUT2D eigenvalue weighted by Gasteiger charge is 2.08. The Labute approximate surface area is 76.1 Å². The van der Waals surface area contributed by atoms with Crippen LogP contribution in [0, 0.1) is 0 Å². The van der Waals surface area contributed by atoms with Crippen molar-refractivity contribution in [1.29, 1.82) is 0 Å². The molecular weight excluding hydrogens is 194 g/mol. The van der Waals surface area contributed by atoms with Crippen LogP contribution in [-0.4, -0.2) is 25.9 Å². The molecule has 0 aliphatic heterocycles. The molecule has 0 unspecified atom stereocenters. The van der Waals surface area contributed by atoms with E-state index in [1.807, 2.05) is 6.26 Å². The zero-order valence-corrected chi connectivity index (χ0v) is 8.45. The maximum atomic E-state index is 11.0. The van der Waals surface area contributed by atoms with Gasteiger partial charge in [0.2, 0.25) is 0 Å². The van der Waals surface area contributed by atoms with E-state index in [4.69, 9.17) is 0 Å². The van der Waals surface area contributed by atoms with Gasteiger partial charge in [0, 0.05) is 6.26 Å². The van der Waals surface area contributed by atoms with Gasteiger partial charge in [0.1, 0.15) is 0 Å². The highest BCUT2D eigenvalue weighted by molar-refractivity contribution is 7.98. The van der Waals surface area contributed by atoms with E-state index < -0.39 is 9.84 Å². The van der Waals surface area contributed by atoms with Gasteiger partial charge in [-0.05, 0) is 18.4 Å². The zero-order valence-electron chi connectivity index (χ0n) is 6.81. The Hall–Kier alpha value is -0.550. The van der Waals surface area contributed by atoms with Gasteiger partial charge < -0.3 is 0 Å². The summed E-state index contributed by atoms with van der Waals surface area (Å²) < 4.78 is 22.1. The van der Waals surface area contributed by atoms with Crippen LogP contribution in [0.1, 0.15) is 0 Å². The third-order valence-electron chi connectivity index (χ3n) is 1.29. The van der Waals surface area contributed by atoms with Crippen molar-refractivity contribution in [2.45, 2.75) is 10.1 Å². The second kappa shape index (κ2) is 3.45. The van der Waals surface area contributed by atoms with Gasteiger partial charge in [-0.3, -0.25) is 0 Å². The van der Waals surface area contributed by atoms with Crippen LogP contribution in [0.25, 0.3) is 0 Å². The minimum absolute atomic E-state index is 0.134. The molecule has 0 aliphatic rings. The lowest BCUT2D eigenvalue weighted by Gasteiger charge is -1.98. The van der Waals surface area contributed by atoms with Crippen molar-refractivity contribution in [3.8, 4) is 0 Å². The molecule has 0 N–H and O–H groups in total.